The van der Waals surface area contributed by atoms with E-state index in [0.717, 1.165) is 12.5 Å². The maximum Gasteiger partial charge on any atom is 0.145 e. The van der Waals surface area contributed by atoms with Crippen molar-refractivity contribution >= 4 is 5.82 Å². The van der Waals surface area contributed by atoms with Crippen molar-refractivity contribution in [3.8, 4) is 0 Å². The summed E-state index contributed by atoms with van der Waals surface area (Å²) >= 11 is 0. The Hall–Kier alpha value is -1.03. The second-order valence-corrected chi connectivity index (χ2v) is 6.29. The summed E-state index contributed by atoms with van der Waals surface area (Å²) in [6.45, 7) is 10.3. The molecule has 1 aliphatic carbocycles. The van der Waals surface area contributed by atoms with Crippen LogP contribution < -0.4 is 5.73 Å². The second-order valence-electron chi connectivity index (χ2n) is 6.29. The van der Waals surface area contributed by atoms with Crippen LogP contribution in [0, 0.1) is 5.92 Å². The van der Waals surface area contributed by atoms with E-state index in [4.69, 9.17) is 5.73 Å². The van der Waals surface area contributed by atoms with Gasteiger partial charge in [-0.1, -0.05) is 6.92 Å². The van der Waals surface area contributed by atoms with Crippen LogP contribution in [0.1, 0.15) is 58.6 Å². The van der Waals surface area contributed by atoms with Crippen molar-refractivity contribution < 1.29 is 0 Å². The third-order valence-corrected chi connectivity index (χ3v) is 4.56. The van der Waals surface area contributed by atoms with Crippen LogP contribution in [0.15, 0.2) is 6.07 Å². The van der Waals surface area contributed by atoms with Crippen LogP contribution in [0.4, 0.5) is 5.82 Å². The van der Waals surface area contributed by atoms with E-state index in [2.05, 4.69) is 42.8 Å². The van der Waals surface area contributed by atoms with E-state index in [0.29, 0.717) is 23.8 Å². The fourth-order valence-electron chi connectivity index (χ4n) is 3.55. The summed E-state index contributed by atoms with van der Waals surface area (Å²) in [5.41, 5.74) is 6.87. The van der Waals surface area contributed by atoms with E-state index in [1.807, 2.05) is 6.07 Å². The predicted octanol–water partition coefficient (Wildman–Crippen LogP) is 2.99. The van der Waals surface area contributed by atoms with Crippen LogP contribution in [0.2, 0.25) is 0 Å². The summed E-state index contributed by atoms with van der Waals surface area (Å²) in [6.07, 6.45) is 3.87. The molecule has 4 nitrogen and oxygen atoms in total. The number of nitrogens with two attached hydrogens (primary N) is 1. The molecule has 1 atom stereocenters. The fraction of sp³-hybridized carbons (Fsp3) is 0.800. The number of hydrogen-bond donors (Lipinski definition) is 2. The maximum atomic E-state index is 5.65. The number of aromatic nitrogens is 2. The minimum atomic E-state index is 0.615. The lowest BCUT2D eigenvalue weighted by atomic mass is 9.70. The van der Waals surface area contributed by atoms with Crippen LogP contribution >= 0.6 is 0 Å². The zero-order chi connectivity index (χ0) is 14.0. The molecule has 0 aromatic carbocycles. The van der Waals surface area contributed by atoms with Gasteiger partial charge in [-0.3, -0.25) is 10.00 Å². The Balaban J connectivity index is 1.78. The molecule has 1 fully saturated rings. The number of rotatable bonds is 6. The average molecular weight is 264 g/mol. The molecule has 0 amide bonds. The number of hydrogen-bond acceptors (Lipinski definition) is 3. The van der Waals surface area contributed by atoms with Gasteiger partial charge >= 0.3 is 0 Å². The van der Waals surface area contributed by atoms with E-state index in [-0.39, 0.29) is 0 Å². The van der Waals surface area contributed by atoms with E-state index in [1.165, 1.54) is 25.0 Å². The summed E-state index contributed by atoms with van der Waals surface area (Å²) in [5, 5.41) is 7.06. The normalized spacial score (nSPS) is 24.7. The average Bonchev–Trinajstić information content (AvgIpc) is 2.69. The van der Waals surface area contributed by atoms with Crippen LogP contribution in [0.3, 0.4) is 0 Å². The highest BCUT2D eigenvalue weighted by Crippen LogP contribution is 2.43. The Kier molecular flexibility index (Phi) is 4.50. The van der Waals surface area contributed by atoms with Gasteiger partial charge in [-0.15, -0.1) is 0 Å². The Morgan fingerprint density at radius 2 is 2.11 bits per heavy atom. The first-order valence-corrected chi connectivity index (χ1v) is 7.57. The van der Waals surface area contributed by atoms with Gasteiger partial charge in [-0.25, -0.2) is 0 Å². The summed E-state index contributed by atoms with van der Waals surface area (Å²) in [6, 6.07) is 3.31. The van der Waals surface area contributed by atoms with Crippen LogP contribution in [0.25, 0.3) is 0 Å². The first-order valence-electron chi connectivity index (χ1n) is 7.57. The van der Waals surface area contributed by atoms with Gasteiger partial charge in [0.05, 0.1) is 0 Å². The lowest BCUT2D eigenvalue weighted by Crippen LogP contribution is -2.41. The third kappa shape index (κ3) is 3.30. The van der Waals surface area contributed by atoms with Crippen LogP contribution in [-0.4, -0.2) is 33.7 Å². The molecule has 0 spiro atoms. The molecule has 1 saturated carbocycles. The van der Waals surface area contributed by atoms with Gasteiger partial charge in [0.2, 0.25) is 0 Å². The smallest absolute Gasteiger partial charge is 0.145 e. The Morgan fingerprint density at radius 1 is 1.42 bits per heavy atom. The number of nitrogens with one attached hydrogen (secondary N) is 1. The van der Waals surface area contributed by atoms with Crippen molar-refractivity contribution in [3.63, 3.8) is 0 Å². The lowest BCUT2D eigenvalue weighted by molar-refractivity contribution is 0.121. The Labute approximate surface area is 116 Å². The van der Waals surface area contributed by atoms with Crippen molar-refractivity contribution in [2.45, 2.75) is 65.0 Å². The molecule has 1 aromatic heterocycles. The largest absolute Gasteiger partial charge is 0.382 e. The molecule has 19 heavy (non-hydrogen) atoms. The zero-order valence-corrected chi connectivity index (χ0v) is 12.7. The maximum absolute atomic E-state index is 5.65. The number of anilines is 1. The molecular weight excluding hydrogens is 236 g/mol. The highest BCUT2D eigenvalue weighted by Gasteiger charge is 2.33. The number of nitrogen functional groups attached to an aromatic ring is 1. The quantitative estimate of drug-likeness (QED) is 0.830. The summed E-state index contributed by atoms with van der Waals surface area (Å²) in [7, 11) is 0. The van der Waals surface area contributed by atoms with E-state index in [1.54, 1.807) is 0 Å². The minimum Gasteiger partial charge on any atom is -0.382 e. The van der Waals surface area contributed by atoms with Gasteiger partial charge in [-0.05, 0) is 52.5 Å². The van der Waals surface area contributed by atoms with Crippen molar-refractivity contribution in [2.75, 3.05) is 12.3 Å². The van der Waals surface area contributed by atoms with Crippen molar-refractivity contribution in [1.82, 2.24) is 15.1 Å². The van der Waals surface area contributed by atoms with Gasteiger partial charge in [0.15, 0.2) is 0 Å². The van der Waals surface area contributed by atoms with E-state index in [9.17, 15) is 0 Å². The van der Waals surface area contributed by atoms with E-state index < -0.39 is 0 Å². The number of aromatic amines is 1. The molecule has 1 heterocycles. The fourth-order valence-corrected chi connectivity index (χ4v) is 3.55. The molecule has 0 aliphatic heterocycles. The molecular formula is C15H28N4. The molecule has 1 unspecified atom stereocenters. The molecule has 4 heteroatoms. The van der Waals surface area contributed by atoms with Gasteiger partial charge in [0.1, 0.15) is 5.82 Å². The highest BCUT2D eigenvalue weighted by atomic mass is 15.2. The van der Waals surface area contributed by atoms with Gasteiger partial charge in [-0.2, -0.15) is 5.10 Å². The SMILES string of the molecule is CCN(C(C)C)C(C)CC1CC(c2cc(N)n[nH]2)C1. The first kappa shape index (κ1) is 14.4. The minimum absolute atomic E-state index is 0.615. The molecule has 0 bridgehead atoms. The predicted molar refractivity (Wildman–Crippen MR) is 80.1 cm³/mol. The molecule has 0 saturated heterocycles. The van der Waals surface area contributed by atoms with Gasteiger partial charge < -0.3 is 5.73 Å². The molecule has 108 valence electrons. The van der Waals surface area contributed by atoms with Crippen molar-refractivity contribution in [2.24, 2.45) is 5.92 Å². The number of H-pyrrole nitrogens is 1. The van der Waals surface area contributed by atoms with E-state index >= 15 is 0 Å². The molecule has 2 rings (SSSR count). The Bertz CT molecular complexity index is 393. The standard InChI is InChI=1S/C15H28N4/c1-5-19(10(2)3)11(4)6-12-7-13(8-12)14-9-15(16)18-17-14/h9-13H,5-8H2,1-4H3,(H3,16,17,18). The van der Waals surface area contributed by atoms with Crippen molar-refractivity contribution in [3.05, 3.63) is 11.8 Å². The molecule has 1 aromatic rings. The number of nitrogens with zero attached hydrogens (tertiary/aromatic N) is 2. The van der Waals surface area contributed by atoms with Crippen molar-refractivity contribution in [1.29, 1.82) is 0 Å². The molecule has 1 aliphatic rings. The summed E-state index contributed by atoms with van der Waals surface area (Å²) < 4.78 is 0. The monoisotopic (exact) mass is 264 g/mol. The van der Waals surface area contributed by atoms with Gasteiger partial charge in [0, 0.05) is 29.8 Å². The van der Waals surface area contributed by atoms with Gasteiger partial charge in [0.25, 0.3) is 0 Å². The van der Waals surface area contributed by atoms with Crippen LogP contribution in [0.5, 0.6) is 0 Å². The Morgan fingerprint density at radius 3 is 2.58 bits per heavy atom. The molecule has 0 radical (unpaired) electrons. The highest BCUT2D eigenvalue weighted by molar-refractivity contribution is 5.31. The summed E-state index contributed by atoms with van der Waals surface area (Å²) in [5.74, 6) is 2.12. The second kappa shape index (κ2) is 5.95. The first-order chi connectivity index (χ1) is 9.01. The third-order valence-electron chi connectivity index (χ3n) is 4.56. The lowest BCUT2D eigenvalue weighted by Gasteiger charge is -2.40. The molecule has 3 N–H and O–H groups in total. The van der Waals surface area contributed by atoms with Crippen LogP contribution in [-0.2, 0) is 0 Å². The zero-order valence-electron chi connectivity index (χ0n) is 12.7. The summed E-state index contributed by atoms with van der Waals surface area (Å²) in [4.78, 5) is 2.58. The topological polar surface area (TPSA) is 57.9 Å².